The third kappa shape index (κ3) is 4.58. The van der Waals surface area contributed by atoms with Gasteiger partial charge in [0.25, 0.3) is 0 Å². The summed E-state index contributed by atoms with van der Waals surface area (Å²) in [5, 5.41) is 0. The molecule has 1 unspecified atom stereocenters. The Bertz CT molecular complexity index is 1020. The Hall–Kier alpha value is -3.73. The zero-order valence-electron chi connectivity index (χ0n) is 16.1. The summed E-state index contributed by atoms with van der Waals surface area (Å²) < 4.78 is 10.4. The summed E-state index contributed by atoms with van der Waals surface area (Å²) in [6, 6.07) is 21.6. The molecule has 29 heavy (non-hydrogen) atoms. The van der Waals surface area contributed by atoms with Crippen LogP contribution in [0.5, 0.6) is 5.75 Å². The van der Waals surface area contributed by atoms with Gasteiger partial charge in [-0.25, -0.2) is 4.79 Å². The number of Topliss-reactive ketones (excluding diaryl/α,β-unsaturated/α-hetero) is 1. The predicted molar refractivity (Wildman–Crippen MR) is 109 cm³/mol. The highest BCUT2D eigenvalue weighted by Gasteiger charge is 2.24. The number of ether oxygens (including phenoxy) is 2. The van der Waals surface area contributed by atoms with Gasteiger partial charge < -0.3 is 9.47 Å². The third-order valence-corrected chi connectivity index (χ3v) is 4.46. The minimum absolute atomic E-state index is 0.121. The first-order chi connectivity index (χ1) is 14.0. The second kappa shape index (κ2) is 8.97. The second-order valence-corrected chi connectivity index (χ2v) is 6.38. The first kappa shape index (κ1) is 20.0. The van der Waals surface area contributed by atoms with E-state index in [4.69, 9.17) is 9.47 Å². The van der Waals surface area contributed by atoms with Crippen LogP contribution in [0, 0.1) is 0 Å². The maximum atomic E-state index is 12.8. The van der Waals surface area contributed by atoms with Crippen LogP contribution in [0.3, 0.4) is 0 Å². The predicted octanol–water partition coefficient (Wildman–Crippen LogP) is 4.35. The number of benzene rings is 3. The fraction of sp³-hybridized carbons (Fsp3) is 0.125. The number of hydrogen-bond acceptors (Lipinski definition) is 5. The van der Waals surface area contributed by atoms with Gasteiger partial charge in [-0.2, -0.15) is 0 Å². The topological polar surface area (TPSA) is 69.7 Å². The van der Waals surface area contributed by atoms with Gasteiger partial charge in [0.2, 0.25) is 5.78 Å². The van der Waals surface area contributed by atoms with E-state index in [1.807, 2.05) is 6.07 Å². The van der Waals surface area contributed by atoms with E-state index >= 15 is 0 Å². The number of methoxy groups -OCH3 is 1. The lowest BCUT2D eigenvalue weighted by Crippen LogP contribution is -2.25. The van der Waals surface area contributed by atoms with Crippen molar-refractivity contribution < 1.29 is 23.9 Å². The van der Waals surface area contributed by atoms with Gasteiger partial charge in [-0.1, -0.05) is 48.5 Å². The van der Waals surface area contributed by atoms with Crippen molar-refractivity contribution >= 4 is 17.5 Å². The Kier molecular flexibility index (Phi) is 6.19. The standard InChI is InChI=1S/C24H20O5/c1-16(22(25)18-12-14-19(28-2)15-13-18)29-24(27)21-11-7-6-10-20(21)23(26)17-8-4-3-5-9-17/h3-16H,1-2H3. The summed E-state index contributed by atoms with van der Waals surface area (Å²) in [6.45, 7) is 1.51. The highest BCUT2D eigenvalue weighted by atomic mass is 16.5. The maximum absolute atomic E-state index is 12.8. The van der Waals surface area contributed by atoms with Crippen molar-refractivity contribution in [1.29, 1.82) is 0 Å². The van der Waals surface area contributed by atoms with Crippen LogP contribution in [0.25, 0.3) is 0 Å². The second-order valence-electron chi connectivity index (χ2n) is 6.38. The highest BCUT2D eigenvalue weighted by molar-refractivity contribution is 6.14. The van der Waals surface area contributed by atoms with E-state index in [1.165, 1.54) is 20.1 Å². The Labute approximate surface area is 168 Å². The molecule has 0 heterocycles. The van der Waals surface area contributed by atoms with Crippen LogP contribution in [0.15, 0.2) is 78.9 Å². The van der Waals surface area contributed by atoms with E-state index in [1.54, 1.807) is 66.7 Å². The smallest absolute Gasteiger partial charge is 0.339 e. The number of ketones is 2. The normalized spacial score (nSPS) is 11.4. The van der Waals surface area contributed by atoms with Crippen LogP contribution in [0.4, 0.5) is 0 Å². The highest BCUT2D eigenvalue weighted by Crippen LogP contribution is 2.18. The molecule has 3 rings (SSSR count). The van der Waals surface area contributed by atoms with Crippen LogP contribution in [0.2, 0.25) is 0 Å². The summed E-state index contributed by atoms with van der Waals surface area (Å²) in [7, 11) is 1.54. The molecular weight excluding hydrogens is 368 g/mol. The van der Waals surface area contributed by atoms with Crippen LogP contribution in [-0.4, -0.2) is 30.7 Å². The van der Waals surface area contributed by atoms with Gasteiger partial charge >= 0.3 is 5.97 Å². The molecular formula is C24H20O5. The Balaban J connectivity index is 1.78. The quantitative estimate of drug-likeness (QED) is 0.444. The molecule has 146 valence electrons. The van der Waals surface area contributed by atoms with Gasteiger partial charge in [-0.3, -0.25) is 9.59 Å². The molecule has 0 radical (unpaired) electrons. The summed E-state index contributed by atoms with van der Waals surface area (Å²) >= 11 is 0. The minimum atomic E-state index is -1.00. The molecule has 0 aliphatic rings. The molecule has 0 saturated heterocycles. The van der Waals surface area contributed by atoms with Crippen molar-refractivity contribution in [3.05, 3.63) is 101 Å². The number of rotatable bonds is 7. The van der Waals surface area contributed by atoms with Crippen LogP contribution >= 0.6 is 0 Å². The molecule has 5 heteroatoms. The molecule has 0 fully saturated rings. The van der Waals surface area contributed by atoms with E-state index in [0.29, 0.717) is 16.9 Å². The molecule has 0 spiro atoms. The number of carbonyl (C=O) groups is 3. The van der Waals surface area contributed by atoms with Crippen molar-refractivity contribution in [2.24, 2.45) is 0 Å². The van der Waals surface area contributed by atoms with Crippen molar-refractivity contribution in [2.75, 3.05) is 7.11 Å². The molecule has 3 aromatic carbocycles. The molecule has 0 bridgehead atoms. The molecule has 0 saturated carbocycles. The maximum Gasteiger partial charge on any atom is 0.339 e. The van der Waals surface area contributed by atoms with E-state index in [9.17, 15) is 14.4 Å². The summed E-state index contributed by atoms with van der Waals surface area (Å²) in [5.41, 5.74) is 1.22. The summed E-state index contributed by atoms with van der Waals surface area (Å²) in [5.74, 6) is -0.723. The van der Waals surface area contributed by atoms with Gasteiger partial charge in [0.15, 0.2) is 11.9 Å². The van der Waals surface area contributed by atoms with Gasteiger partial charge in [-0.05, 0) is 37.3 Å². The number of hydrogen-bond donors (Lipinski definition) is 0. The van der Waals surface area contributed by atoms with Gasteiger partial charge in [0.1, 0.15) is 5.75 Å². The molecule has 3 aromatic rings. The molecule has 0 N–H and O–H groups in total. The van der Waals surface area contributed by atoms with Crippen molar-refractivity contribution in [1.82, 2.24) is 0 Å². The lowest BCUT2D eigenvalue weighted by atomic mass is 9.98. The lowest BCUT2D eigenvalue weighted by molar-refractivity contribution is 0.0317. The largest absolute Gasteiger partial charge is 0.497 e. The van der Waals surface area contributed by atoms with E-state index in [0.717, 1.165) is 0 Å². The Morgan fingerprint density at radius 3 is 1.93 bits per heavy atom. The first-order valence-corrected chi connectivity index (χ1v) is 9.09. The van der Waals surface area contributed by atoms with Crippen LogP contribution in [0.1, 0.15) is 43.6 Å². The molecule has 0 amide bonds. The molecule has 0 aliphatic carbocycles. The van der Waals surface area contributed by atoms with E-state index in [-0.39, 0.29) is 22.7 Å². The Morgan fingerprint density at radius 1 is 0.724 bits per heavy atom. The zero-order valence-corrected chi connectivity index (χ0v) is 16.1. The summed E-state index contributed by atoms with van der Waals surface area (Å²) in [6.07, 6.45) is -1.00. The zero-order chi connectivity index (χ0) is 20.8. The fourth-order valence-corrected chi connectivity index (χ4v) is 2.87. The molecule has 0 aliphatic heterocycles. The van der Waals surface area contributed by atoms with Gasteiger partial charge in [-0.15, -0.1) is 0 Å². The molecule has 0 aromatic heterocycles. The average Bonchev–Trinajstić information content (AvgIpc) is 2.78. The fourth-order valence-electron chi connectivity index (χ4n) is 2.87. The number of carbonyl (C=O) groups excluding carboxylic acids is 3. The lowest BCUT2D eigenvalue weighted by Gasteiger charge is -2.14. The SMILES string of the molecule is COc1ccc(C(=O)C(C)OC(=O)c2ccccc2C(=O)c2ccccc2)cc1. The van der Waals surface area contributed by atoms with Crippen molar-refractivity contribution in [3.63, 3.8) is 0 Å². The van der Waals surface area contributed by atoms with Gasteiger partial charge in [0.05, 0.1) is 12.7 Å². The number of esters is 1. The van der Waals surface area contributed by atoms with Crippen molar-refractivity contribution in [2.45, 2.75) is 13.0 Å². The average molecular weight is 388 g/mol. The van der Waals surface area contributed by atoms with Gasteiger partial charge in [0, 0.05) is 16.7 Å². The monoisotopic (exact) mass is 388 g/mol. The summed E-state index contributed by atoms with van der Waals surface area (Å²) in [4.78, 5) is 38.1. The third-order valence-electron chi connectivity index (χ3n) is 4.46. The van der Waals surface area contributed by atoms with Crippen LogP contribution in [-0.2, 0) is 4.74 Å². The van der Waals surface area contributed by atoms with Crippen molar-refractivity contribution in [3.8, 4) is 5.75 Å². The minimum Gasteiger partial charge on any atom is -0.497 e. The Morgan fingerprint density at radius 2 is 1.31 bits per heavy atom. The van der Waals surface area contributed by atoms with E-state index in [2.05, 4.69) is 0 Å². The molecule has 5 nitrogen and oxygen atoms in total. The molecule has 1 atom stereocenters. The van der Waals surface area contributed by atoms with Crippen LogP contribution < -0.4 is 4.74 Å². The first-order valence-electron chi connectivity index (χ1n) is 9.09. The van der Waals surface area contributed by atoms with E-state index < -0.39 is 12.1 Å².